The third-order valence-electron chi connectivity index (χ3n) is 2.15. The minimum absolute atomic E-state index is 0.127. The highest BCUT2D eigenvalue weighted by Gasteiger charge is 2.12. The molecular weight excluding hydrogens is 224 g/mol. The van der Waals surface area contributed by atoms with Gasteiger partial charge in [0, 0.05) is 12.4 Å². The van der Waals surface area contributed by atoms with Crippen molar-refractivity contribution in [3.8, 4) is 0 Å². The van der Waals surface area contributed by atoms with Gasteiger partial charge in [-0.25, -0.2) is 0 Å². The number of hydrogen-bond donors (Lipinski definition) is 2. The number of aryl methyl sites for hydroxylation is 1. The van der Waals surface area contributed by atoms with E-state index in [0.29, 0.717) is 5.95 Å². The maximum Gasteiger partial charge on any atom is 0.236 e. The molecule has 0 saturated carbocycles. The molecule has 0 radical (unpaired) electrons. The predicted molar refractivity (Wildman–Crippen MR) is 65.8 cm³/mol. The molecule has 0 amide bonds. The molecule has 2 aromatic heterocycles. The van der Waals surface area contributed by atoms with E-state index in [2.05, 4.69) is 20.3 Å². The fraction of sp³-hybridized carbons (Fsp3) is 0.222. The Hall–Kier alpha value is -1.89. The van der Waals surface area contributed by atoms with Crippen molar-refractivity contribution in [3.63, 3.8) is 0 Å². The number of thiophene rings is 1. The molecule has 7 heteroatoms. The summed E-state index contributed by atoms with van der Waals surface area (Å²) in [4.78, 5) is 13.6. The molecule has 16 heavy (non-hydrogen) atoms. The average Bonchev–Trinajstić information content (AvgIpc) is 2.62. The summed E-state index contributed by atoms with van der Waals surface area (Å²) in [5.74, 6) is 0.705. The van der Waals surface area contributed by atoms with Gasteiger partial charge in [-0.15, -0.1) is 11.3 Å². The first-order valence-corrected chi connectivity index (χ1v) is 5.55. The van der Waals surface area contributed by atoms with E-state index in [0.717, 1.165) is 11.3 Å². The number of nitrogens with zero attached hydrogens (tertiary/aromatic N) is 4. The predicted octanol–water partition coefficient (Wildman–Crippen LogP) is 1.17. The van der Waals surface area contributed by atoms with Crippen LogP contribution in [-0.4, -0.2) is 22.0 Å². The van der Waals surface area contributed by atoms with Crippen LogP contribution in [-0.2, 0) is 0 Å². The Kier molecular flexibility index (Phi) is 2.61. The second-order valence-corrected chi connectivity index (χ2v) is 4.09. The van der Waals surface area contributed by atoms with Gasteiger partial charge in [0.2, 0.25) is 17.8 Å². The molecule has 0 aromatic carbocycles. The van der Waals surface area contributed by atoms with Crippen molar-refractivity contribution >= 4 is 34.9 Å². The zero-order valence-corrected chi connectivity index (χ0v) is 9.82. The molecule has 0 aliphatic rings. The van der Waals surface area contributed by atoms with Gasteiger partial charge in [-0.3, -0.25) is 0 Å². The Labute approximate surface area is 97.0 Å². The van der Waals surface area contributed by atoms with Crippen molar-refractivity contribution in [1.29, 1.82) is 0 Å². The van der Waals surface area contributed by atoms with E-state index < -0.39 is 0 Å². The number of aromatic nitrogens is 3. The molecule has 6 nitrogen and oxygen atoms in total. The van der Waals surface area contributed by atoms with Crippen molar-refractivity contribution in [3.05, 3.63) is 16.3 Å². The first-order valence-electron chi connectivity index (χ1n) is 4.61. The van der Waals surface area contributed by atoms with Crippen LogP contribution in [0.5, 0.6) is 0 Å². The Morgan fingerprint density at radius 2 is 1.75 bits per heavy atom. The number of nitrogens with two attached hydrogens (primary N) is 2. The van der Waals surface area contributed by atoms with Crippen LogP contribution in [0, 0.1) is 6.92 Å². The lowest BCUT2D eigenvalue weighted by Gasteiger charge is -2.16. The average molecular weight is 236 g/mol. The smallest absolute Gasteiger partial charge is 0.236 e. The van der Waals surface area contributed by atoms with Crippen molar-refractivity contribution in [1.82, 2.24) is 15.0 Å². The van der Waals surface area contributed by atoms with Gasteiger partial charge in [-0.2, -0.15) is 15.0 Å². The fourth-order valence-corrected chi connectivity index (χ4v) is 2.22. The molecule has 0 unspecified atom stereocenters. The fourth-order valence-electron chi connectivity index (χ4n) is 1.35. The van der Waals surface area contributed by atoms with Crippen LogP contribution in [0.3, 0.4) is 0 Å². The first kappa shape index (κ1) is 10.6. The molecule has 0 bridgehead atoms. The molecule has 0 atom stereocenters. The third-order valence-corrected chi connectivity index (χ3v) is 3.00. The van der Waals surface area contributed by atoms with E-state index in [1.54, 1.807) is 11.3 Å². The maximum absolute atomic E-state index is 5.52. The highest BCUT2D eigenvalue weighted by molar-refractivity contribution is 7.08. The van der Waals surface area contributed by atoms with Gasteiger partial charge >= 0.3 is 0 Å². The molecule has 2 heterocycles. The molecule has 2 rings (SSSR count). The number of anilines is 4. The quantitative estimate of drug-likeness (QED) is 0.813. The number of rotatable bonds is 2. The zero-order chi connectivity index (χ0) is 11.7. The lowest BCUT2D eigenvalue weighted by molar-refractivity contribution is 1.00. The van der Waals surface area contributed by atoms with Gasteiger partial charge in [-0.1, -0.05) is 0 Å². The minimum atomic E-state index is 0.127. The zero-order valence-electron chi connectivity index (χ0n) is 9.01. The summed E-state index contributed by atoms with van der Waals surface area (Å²) in [6.45, 7) is 2.02. The van der Waals surface area contributed by atoms with Crippen LogP contribution in [0.25, 0.3) is 0 Å². The summed E-state index contributed by atoms with van der Waals surface area (Å²) in [5, 5.41) is 4.07. The topological polar surface area (TPSA) is 94.0 Å². The van der Waals surface area contributed by atoms with Crippen LogP contribution < -0.4 is 16.4 Å². The Morgan fingerprint density at radius 3 is 2.25 bits per heavy atom. The van der Waals surface area contributed by atoms with E-state index in [-0.39, 0.29) is 11.9 Å². The lowest BCUT2D eigenvalue weighted by atomic mass is 10.3. The van der Waals surface area contributed by atoms with Gasteiger partial charge in [0.05, 0.1) is 5.69 Å². The van der Waals surface area contributed by atoms with Gasteiger partial charge in [0.15, 0.2) is 0 Å². The van der Waals surface area contributed by atoms with E-state index in [4.69, 9.17) is 11.5 Å². The second-order valence-electron chi connectivity index (χ2n) is 3.35. The van der Waals surface area contributed by atoms with E-state index >= 15 is 0 Å². The lowest BCUT2D eigenvalue weighted by Crippen LogP contribution is -2.16. The summed E-state index contributed by atoms with van der Waals surface area (Å²) in [5.41, 5.74) is 13.2. The SMILES string of the molecule is Cc1cscc1N(C)c1nc(N)nc(N)n1. The van der Waals surface area contributed by atoms with Crippen molar-refractivity contribution in [2.24, 2.45) is 0 Å². The summed E-state index contributed by atoms with van der Waals surface area (Å²) < 4.78 is 0. The Morgan fingerprint density at radius 1 is 1.12 bits per heavy atom. The van der Waals surface area contributed by atoms with Crippen molar-refractivity contribution in [2.75, 3.05) is 23.4 Å². The standard InChI is InChI=1S/C9H12N6S/c1-5-3-16-4-6(5)15(2)9-13-7(10)12-8(11)14-9/h3-4H,1-2H3,(H4,10,11,12,13,14). The van der Waals surface area contributed by atoms with Crippen molar-refractivity contribution < 1.29 is 0 Å². The van der Waals surface area contributed by atoms with Crippen LogP contribution in [0.4, 0.5) is 23.5 Å². The molecule has 84 valence electrons. The summed E-state index contributed by atoms with van der Waals surface area (Å²) in [7, 11) is 1.86. The summed E-state index contributed by atoms with van der Waals surface area (Å²) in [6, 6.07) is 0. The Balaban J connectivity index is 2.41. The number of hydrogen-bond acceptors (Lipinski definition) is 7. The second kappa shape index (κ2) is 3.93. The largest absolute Gasteiger partial charge is 0.368 e. The summed E-state index contributed by atoms with van der Waals surface area (Å²) >= 11 is 1.62. The van der Waals surface area contributed by atoms with Gasteiger partial charge in [0.1, 0.15) is 0 Å². The highest BCUT2D eigenvalue weighted by atomic mass is 32.1. The van der Waals surface area contributed by atoms with E-state index in [9.17, 15) is 0 Å². The normalized spacial score (nSPS) is 10.4. The van der Waals surface area contributed by atoms with Gasteiger partial charge in [-0.05, 0) is 17.9 Å². The monoisotopic (exact) mass is 236 g/mol. The highest BCUT2D eigenvalue weighted by Crippen LogP contribution is 2.27. The molecule has 0 saturated heterocycles. The third kappa shape index (κ3) is 1.89. The van der Waals surface area contributed by atoms with E-state index in [1.807, 2.05) is 24.3 Å². The molecule has 0 fully saturated rings. The van der Waals surface area contributed by atoms with Gasteiger partial charge < -0.3 is 16.4 Å². The molecular formula is C9H12N6S. The molecule has 2 aromatic rings. The van der Waals surface area contributed by atoms with E-state index in [1.165, 1.54) is 0 Å². The van der Waals surface area contributed by atoms with Crippen LogP contribution >= 0.6 is 11.3 Å². The molecule has 0 spiro atoms. The van der Waals surface area contributed by atoms with Gasteiger partial charge in [0.25, 0.3) is 0 Å². The first-order chi connectivity index (χ1) is 7.58. The molecule has 0 aliphatic heterocycles. The van der Waals surface area contributed by atoms with Crippen LogP contribution in [0.15, 0.2) is 10.8 Å². The van der Waals surface area contributed by atoms with Crippen molar-refractivity contribution in [2.45, 2.75) is 6.92 Å². The molecule has 4 N–H and O–H groups in total. The Bertz CT molecular complexity index is 488. The minimum Gasteiger partial charge on any atom is -0.368 e. The maximum atomic E-state index is 5.52. The number of nitrogen functional groups attached to an aromatic ring is 2. The van der Waals surface area contributed by atoms with Crippen LogP contribution in [0.1, 0.15) is 5.56 Å². The molecule has 0 aliphatic carbocycles. The van der Waals surface area contributed by atoms with Crippen LogP contribution in [0.2, 0.25) is 0 Å². The summed E-state index contributed by atoms with van der Waals surface area (Å²) in [6.07, 6.45) is 0.